The van der Waals surface area contributed by atoms with Crippen LogP contribution in [0, 0.1) is 5.41 Å². The van der Waals surface area contributed by atoms with Crippen molar-refractivity contribution in [3.63, 3.8) is 0 Å². The van der Waals surface area contributed by atoms with Gasteiger partial charge in [0, 0.05) is 52.8 Å². The van der Waals surface area contributed by atoms with Gasteiger partial charge in [-0.25, -0.2) is 4.98 Å². The molecular weight excluding hydrogens is 518 g/mol. The van der Waals surface area contributed by atoms with Gasteiger partial charge in [0.15, 0.2) is 0 Å². The number of ether oxygens (including phenoxy) is 1. The van der Waals surface area contributed by atoms with Gasteiger partial charge < -0.3 is 10.5 Å². The van der Waals surface area contributed by atoms with E-state index < -0.39 is 0 Å². The van der Waals surface area contributed by atoms with Gasteiger partial charge in [0.05, 0.1) is 24.6 Å². The summed E-state index contributed by atoms with van der Waals surface area (Å²) in [5, 5.41) is 9.04. The molecule has 0 radical (unpaired) electrons. The Morgan fingerprint density at radius 2 is 1.57 bits per heavy atom. The van der Waals surface area contributed by atoms with E-state index in [4.69, 9.17) is 15.9 Å². The Morgan fingerprint density at radius 1 is 0.810 bits per heavy atom. The topological polar surface area (TPSA) is 88.1 Å². The fourth-order valence-corrected chi connectivity index (χ4v) is 7.50. The molecule has 3 fully saturated rings. The molecule has 3 N–H and O–H groups in total. The fourth-order valence-electron chi connectivity index (χ4n) is 7.50. The highest BCUT2D eigenvalue weighted by molar-refractivity contribution is 6.14. The molecule has 6 heteroatoms. The molecule has 0 amide bonds. The lowest BCUT2D eigenvalue weighted by Gasteiger charge is -2.56. The molecule has 212 valence electrons. The number of rotatable bonds is 6. The Morgan fingerprint density at radius 3 is 2.33 bits per heavy atom. The fraction of sp³-hybridized carbons (Fsp3) is 0.361. The Hall–Kier alpha value is -3.87. The number of pyridine rings is 2. The number of morpholine rings is 1. The molecule has 8 rings (SSSR count). The second kappa shape index (κ2) is 10.4. The van der Waals surface area contributed by atoms with Crippen LogP contribution in [0.4, 0.5) is 5.82 Å². The molecule has 2 saturated heterocycles. The third-order valence-electron chi connectivity index (χ3n) is 9.95. The Balaban J connectivity index is 1.02. The van der Waals surface area contributed by atoms with Crippen LogP contribution in [-0.2, 0) is 17.6 Å². The first-order chi connectivity index (χ1) is 20.6. The monoisotopic (exact) mass is 555 g/mol. The molecule has 2 aromatic carbocycles. The summed E-state index contributed by atoms with van der Waals surface area (Å²) in [6.45, 7) is 1.81. The summed E-state index contributed by atoms with van der Waals surface area (Å²) in [5.41, 5.74) is 16.7. The predicted octanol–water partition coefficient (Wildman–Crippen LogP) is 6.41. The number of nitrogen functional groups attached to an aromatic ring is 1. The van der Waals surface area contributed by atoms with E-state index >= 15 is 0 Å². The van der Waals surface area contributed by atoms with Crippen molar-refractivity contribution in [3.05, 3.63) is 101 Å². The number of hydrogen-bond donors (Lipinski definition) is 2. The van der Waals surface area contributed by atoms with Gasteiger partial charge in [-0.2, -0.15) is 0 Å². The van der Waals surface area contributed by atoms with E-state index in [1.165, 1.54) is 48.8 Å². The molecule has 3 unspecified atom stereocenters. The average Bonchev–Trinajstić information content (AvgIpc) is 3.90. The Kier molecular flexibility index (Phi) is 6.42. The largest absolute Gasteiger partial charge is 0.383 e. The van der Waals surface area contributed by atoms with Gasteiger partial charge in [-0.1, -0.05) is 48.5 Å². The van der Waals surface area contributed by atoms with Gasteiger partial charge in [-0.05, 0) is 85.3 Å². The van der Waals surface area contributed by atoms with E-state index in [2.05, 4.69) is 51.3 Å². The second-order valence-electron chi connectivity index (χ2n) is 12.6. The van der Waals surface area contributed by atoms with Crippen molar-refractivity contribution in [1.29, 1.82) is 5.41 Å². The minimum atomic E-state index is 0.384. The number of nitrogens with two attached hydrogens (primary N) is 1. The Labute approximate surface area is 247 Å². The maximum absolute atomic E-state index is 9.04. The molecule has 2 aliphatic heterocycles. The van der Waals surface area contributed by atoms with Gasteiger partial charge in [0.1, 0.15) is 5.82 Å². The predicted molar refractivity (Wildman–Crippen MR) is 167 cm³/mol. The summed E-state index contributed by atoms with van der Waals surface area (Å²) in [7, 11) is 0. The zero-order chi connectivity index (χ0) is 28.2. The molecule has 2 bridgehead atoms. The SMILES string of the molecule is N=C(c1ccc(-c2ncccc2C2CC2)cc1)c1cc(-c2ccc3c(c2)CCC(N2C4COCC2C4)CC3)cnc1N. The zero-order valence-corrected chi connectivity index (χ0v) is 23.9. The highest BCUT2D eigenvalue weighted by atomic mass is 16.5. The third-order valence-corrected chi connectivity index (χ3v) is 9.95. The van der Waals surface area contributed by atoms with Crippen LogP contribution in [0.1, 0.15) is 65.8 Å². The summed E-state index contributed by atoms with van der Waals surface area (Å²) in [6.07, 6.45) is 12.2. The summed E-state index contributed by atoms with van der Waals surface area (Å²) in [5.74, 6) is 1.01. The molecule has 4 aliphatic rings. The van der Waals surface area contributed by atoms with Gasteiger partial charge >= 0.3 is 0 Å². The maximum Gasteiger partial charge on any atom is 0.132 e. The van der Waals surface area contributed by atoms with E-state index in [9.17, 15) is 0 Å². The van der Waals surface area contributed by atoms with Crippen LogP contribution in [0.25, 0.3) is 22.4 Å². The van der Waals surface area contributed by atoms with Gasteiger partial charge in [0.25, 0.3) is 0 Å². The van der Waals surface area contributed by atoms with Crippen molar-refractivity contribution in [2.75, 3.05) is 18.9 Å². The molecule has 6 nitrogen and oxygen atoms in total. The van der Waals surface area contributed by atoms with E-state index in [0.29, 0.717) is 41.1 Å². The molecule has 4 heterocycles. The van der Waals surface area contributed by atoms with E-state index in [0.717, 1.165) is 54.0 Å². The number of aryl methyl sites for hydroxylation is 2. The number of fused-ring (bicyclic) bond motifs is 3. The molecule has 2 aromatic heterocycles. The lowest BCUT2D eigenvalue weighted by Crippen LogP contribution is -2.66. The maximum atomic E-state index is 9.04. The number of anilines is 1. The van der Waals surface area contributed by atoms with Crippen molar-refractivity contribution < 1.29 is 4.74 Å². The zero-order valence-electron chi connectivity index (χ0n) is 23.9. The van der Waals surface area contributed by atoms with Gasteiger partial charge in [-0.3, -0.25) is 15.3 Å². The first kappa shape index (κ1) is 25.8. The molecule has 4 aromatic rings. The van der Waals surface area contributed by atoms with E-state index in [1.807, 2.05) is 36.7 Å². The minimum Gasteiger partial charge on any atom is -0.383 e. The number of benzene rings is 2. The molecule has 2 aliphatic carbocycles. The number of nitrogens with zero attached hydrogens (tertiary/aromatic N) is 3. The van der Waals surface area contributed by atoms with E-state index in [-0.39, 0.29) is 0 Å². The van der Waals surface area contributed by atoms with Crippen LogP contribution < -0.4 is 5.73 Å². The summed E-state index contributed by atoms with van der Waals surface area (Å²) < 4.78 is 5.74. The summed E-state index contributed by atoms with van der Waals surface area (Å²) in [6, 6.07) is 23.2. The van der Waals surface area contributed by atoms with E-state index in [1.54, 1.807) is 0 Å². The molecule has 0 spiro atoms. The quantitative estimate of drug-likeness (QED) is 0.212. The normalized spacial score (nSPS) is 23.5. The molecule has 3 atom stereocenters. The van der Waals surface area contributed by atoms with Crippen molar-refractivity contribution in [2.45, 2.75) is 69.0 Å². The standard InChI is InChI=1S/C36H37N5O/c37-34(24-6-8-25(9-7-24)35-32(23-4-5-23)2-1-15-39-35)33-17-28(19-40-36(33)38)27-10-3-22-11-13-29(14-12-26(22)16-27)41-30-18-31(41)21-42-20-30/h1-3,6-10,15-17,19,23,29-31,37H,4-5,11-14,18,20-21H2,(H2,38,40). The van der Waals surface area contributed by atoms with Crippen LogP contribution in [0.5, 0.6) is 0 Å². The summed E-state index contributed by atoms with van der Waals surface area (Å²) >= 11 is 0. The first-order valence-electron chi connectivity index (χ1n) is 15.5. The van der Waals surface area contributed by atoms with Gasteiger partial charge in [0.2, 0.25) is 0 Å². The van der Waals surface area contributed by atoms with Crippen LogP contribution in [0.3, 0.4) is 0 Å². The highest BCUT2D eigenvalue weighted by Gasteiger charge is 2.45. The van der Waals surface area contributed by atoms with Crippen molar-refractivity contribution in [3.8, 4) is 22.4 Å². The number of aromatic nitrogens is 2. The van der Waals surface area contributed by atoms with Crippen molar-refractivity contribution >= 4 is 11.5 Å². The summed E-state index contributed by atoms with van der Waals surface area (Å²) in [4.78, 5) is 12.0. The molecule has 1 saturated carbocycles. The lowest BCUT2D eigenvalue weighted by molar-refractivity contribution is -0.148. The molecular formula is C36H37N5O. The third kappa shape index (κ3) is 4.63. The minimum absolute atomic E-state index is 0.384. The molecule has 42 heavy (non-hydrogen) atoms. The van der Waals surface area contributed by atoms with Crippen LogP contribution in [0.15, 0.2) is 73.1 Å². The van der Waals surface area contributed by atoms with Crippen LogP contribution in [-0.4, -0.2) is 51.9 Å². The second-order valence-corrected chi connectivity index (χ2v) is 12.6. The lowest BCUT2D eigenvalue weighted by atomic mass is 9.87. The van der Waals surface area contributed by atoms with Crippen LogP contribution >= 0.6 is 0 Å². The van der Waals surface area contributed by atoms with Crippen molar-refractivity contribution in [2.24, 2.45) is 0 Å². The Bertz CT molecular complexity index is 1650. The number of nitrogens with one attached hydrogen (secondary N) is 1. The average molecular weight is 556 g/mol. The van der Waals surface area contributed by atoms with Crippen molar-refractivity contribution in [1.82, 2.24) is 14.9 Å². The highest BCUT2D eigenvalue weighted by Crippen LogP contribution is 2.43. The van der Waals surface area contributed by atoms with Crippen LogP contribution in [0.2, 0.25) is 0 Å². The smallest absolute Gasteiger partial charge is 0.132 e. The van der Waals surface area contributed by atoms with Gasteiger partial charge in [-0.15, -0.1) is 0 Å². The first-order valence-corrected chi connectivity index (χ1v) is 15.5. The number of hydrogen-bond acceptors (Lipinski definition) is 6.